The summed E-state index contributed by atoms with van der Waals surface area (Å²) in [6.07, 6.45) is 0. The third kappa shape index (κ3) is 4.01. The number of amides is 3. The molecule has 2 N–H and O–H groups in total. The molecule has 0 atom stereocenters. The monoisotopic (exact) mass is 422 g/mol. The highest BCUT2D eigenvalue weighted by Gasteiger charge is 2.27. The van der Waals surface area contributed by atoms with Crippen LogP contribution in [-0.2, 0) is 9.59 Å². The summed E-state index contributed by atoms with van der Waals surface area (Å²) in [5.74, 6) is -0.795. The number of thiazole rings is 1. The Kier molecular flexibility index (Phi) is 5.44. The number of hydrogen-bond donors (Lipinski definition) is 2. The van der Waals surface area contributed by atoms with Crippen molar-refractivity contribution in [3.05, 3.63) is 65.2 Å². The molecule has 9 heteroatoms. The minimum absolute atomic E-state index is 0.140. The highest BCUT2D eigenvalue weighted by atomic mass is 32.1. The number of carbonyl (C=O) groups is 3. The zero-order valence-electron chi connectivity index (χ0n) is 16.0. The summed E-state index contributed by atoms with van der Waals surface area (Å²) >= 11 is 1.24. The second-order valence-corrected chi connectivity index (χ2v) is 7.54. The van der Waals surface area contributed by atoms with Gasteiger partial charge >= 0.3 is 0 Å². The number of aryl methyl sites for hydroxylation is 1. The van der Waals surface area contributed by atoms with Gasteiger partial charge in [-0.15, -0.1) is 11.3 Å². The Balaban J connectivity index is 1.40. The molecule has 0 spiro atoms. The Morgan fingerprint density at radius 1 is 1.10 bits per heavy atom. The summed E-state index contributed by atoms with van der Waals surface area (Å²) in [5, 5.41) is 0.722. The molecule has 1 aromatic heterocycles. The Labute approximate surface area is 176 Å². The van der Waals surface area contributed by atoms with Crippen LogP contribution in [0.2, 0.25) is 0 Å². The molecule has 0 unspecified atom stereocenters. The number of anilines is 1. The number of hydrogen-bond acceptors (Lipinski definition) is 6. The van der Waals surface area contributed by atoms with Crippen molar-refractivity contribution in [1.29, 1.82) is 0 Å². The van der Waals surface area contributed by atoms with Crippen molar-refractivity contribution in [3.8, 4) is 16.3 Å². The second-order valence-electron chi connectivity index (χ2n) is 6.54. The van der Waals surface area contributed by atoms with Gasteiger partial charge in [0.25, 0.3) is 17.7 Å². The molecule has 0 bridgehead atoms. The van der Waals surface area contributed by atoms with Crippen LogP contribution in [0.4, 0.5) is 5.69 Å². The number of rotatable bonds is 4. The average molecular weight is 422 g/mol. The molecule has 4 rings (SSSR count). The van der Waals surface area contributed by atoms with Gasteiger partial charge in [0.2, 0.25) is 0 Å². The number of nitrogens with one attached hydrogen (secondary N) is 2. The van der Waals surface area contributed by atoms with Gasteiger partial charge in [-0.2, -0.15) is 0 Å². The van der Waals surface area contributed by atoms with Crippen molar-refractivity contribution < 1.29 is 19.1 Å². The van der Waals surface area contributed by atoms with Crippen molar-refractivity contribution in [2.75, 3.05) is 18.1 Å². The maximum atomic E-state index is 12.5. The molecule has 1 aliphatic rings. The van der Waals surface area contributed by atoms with Gasteiger partial charge in [-0.1, -0.05) is 42.5 Å². The summed E-state index contributed by atoms with van der Waals surface area (Å²) in [6, 6.07) is 16.5. The van der Waals surface area contributed by atoms with Crippen molar-refractivity contribution in [3.63, 3.8) is 0 Å². The quantitative estimate of drug-likeness (QED) is 0.629. The third-order valence-electron chi connectivity index (χ3n) is 4.45. The normalized spacial score (nSPS) is 12.7. The predicted molar refractivity (Wildman–Crippen MR) is 112 cm³/mol. The molecule has 0 fully saturated rings. The van der Waals surface area contributed by atoms with E-state index in [1.165, 1.54) is 16.2 Å². The number of benzene rings is 2. The van der Waals surface area contributed by atoms with Crippen molar-refractivity contribution >= 4 is 34.7 Å². The molecule has 0 radical (unpaired) electrons. The van der Waals surface area contributed by atoms with Gasteiger partial charge in [0.1, 0.15) is 22.2 Å². The van der Waals surface area contributed by atoms with Crippen molar-refractivity contribution in [1.82, 2.24) is 15.8 Å². The van der Waals surface area contributed by atoms with E-state index in [-0.39, 0.29) is 19.1 Å². The van der Waals surface area contributed by atoms with Gasteiger partial charge in [0, 0.05) is 5.56 Å². The van der Waals surface area contributed by atoms with Crippen LogP contribution >= 0.6 is 11.3 Å². The second kappa shape index (κ2) is 8.34. The van der Waals surface area contributed by atoms with Crippen LogP contribution in [0.1, 0.15) is 15.4 Å². The maximum Gasteiger partial charge on any atom is 0.281 e. The fraction of sp³-hybridized carbons (Fsp3) is 0.143. The molecular weight excluding hydrogens is 404 g/mol. The van der Waals surface area contributed by atoms with E-state index in [9.17, 15) is 14.4 Å². The number of ether oxygens (including phenoxy) is 1. The first-order valence-corrected chi connectivity index (χ1v) is 9.99. The SMILES string of the molecule is Cc1nc(-c2ccccc2)sc1C(=O)NNC(=O)CN1C(=O)COc2ccccc21. The molecule has 2 aromatic carbocycles. The molecular formula is C21H18N4O4S. The Morgan fingerprint density at radius 3 is 2.63 bits per heavy atom. The molecule has 2 heterocycles. The average Bonchev–Trinajstić information content (AvgIpc) is 3.16. The summed E-state index contributed by atoms with van der Waals surface area (Å²) < 4.78 is 5.36. The summed E-state index contributed by atoms with van der Waals surface area (Å²) in [4.78, 5) is 43.2. The molecule has 1 aliphatic heterocycles. The minimum atomic E-state index is -0.529. The number of carbonyl (C=O) groups excluding carboxylic acids is 3. The highest BCUT2D eigenvalue weighted by Crippen LogP contribution is 2.31. The van der Waals surface area contributed by atoms with Gasteiger partial charge in [-0.3, -0.25) is 30.1 Å². The van der Waals surface area contributed by atoms with E-state index in [0.717, 1.165) is 10.6 Å². The molecule has 0 saturated carbocycles. The first kappa shape index (κ1) is 19.6. The molecule has 30 heavy (non-hydrogen) atoms. The lowest BCUT2D eigenvalue weighted by atomic mass is 10.2. The summed E-state index contributed by atoms with van der Waals surface area (Å²) in [5.41, 5.74) is 6.76. The van der Waals surface area contributed by atoms with Crippen LogP contribution in [-0.4, -0.2) is 35.9 Å². The molecule has 3 aromatic rings. The molecule has 0 saturated heterocycles. The zero-order chi connectivity index (χ0) is 21.1. The van der Waals surface area contributed by atoms with Crippen LogP contribution < -0.4 is 20.5 Å². The predicted octanol–water partition coefficient (Wildman–Crippen LogP) is 2.31. The summed E-state index contributed by atoms with van der Waals surface area (Å²) in [6.45, 7) is 1.36. The van der Waals surface area contributed by atoms with E-state index in [2.05, 4.69) is 15.8 Å². The number of hydrazine groups is 1. The lowest BCUT2D eigenvalue weighted by Crippen LogP contribution is -2.49. The van der Waals surface area contributed by atoms with Gasteiger partial charge in [0.05, 0.1) is 11.4 Å². The minimum Gasteiger partial charge on any atom is -0.482 e. The Morgan fingerprint density at radius 2 is 1.83 bits per heavy atom. The first-order valence-electron chi connectivity index (χ1n) is 9.17. The Bertz CT molecular complexity index is 1110. The van der Waals surface area contributed by atoms with Crippen LogP contribution in [0, 0.1) is 6.92 Å². The molecule has 152 valence electrons. The van der Waals surface area contributed by atoms with E-state index >= 15 is 0 Å². The van der Waals surface area contributed by atoms with Crippen LogP contribution in [0.5, 0.6) is 5.75 Å². The lowest BCUT2D eigenvalue weighted by Gasteiger charge is -2.28. The molecule has 3 amide bonds. The topological polar surface area (TPSA) is 101 Å². The smallest absolute Gasteiger partial charge is 0.281 e. The largest absolute Gasteiger partial charge is 0.482 e. The number of aromatic nitrogens is 1. The van der Waals surface area contributed by atoms with E-state index in [0.29, 0.717) is 22.0 Å². The lowest BCUT2D eigenvalue weighted by molar-refractivity contribution is -0.125. The number of nitrogens with zero attached hydrogens (tertiary/aromatic N) is 2. The number of fused-ring (bicyclic) bond motifs is 1. The van der Waals surface area contributed by atoms with Gasteiger partial charge < -0.3 is 4.74 Å². The van der Waals surface area contributed by atoms with Crippen LogP contribution in [0.3, 0.4) is 0 Å². The van der Waals surface area contributed by atoms with E-state index < -0.39 is 11.8 Å². The van der Waals surface area contributed by atoms with Crippen molar-refractivity contribution in [2.24, 2.45) is 0 Å². The standard InChI is InChI=1S/C21H18N4O4S/c1-13-19(30-21(22-13)14-7-3-2-4-8-14)20(28)24-23-17(26)11-25-15-9-5-6-10-16(15)29-12-18(25)27/h2-10H,11-12H2,1H3,(H,23,26)(H,24,28). The van der Waals surface area contributed by atoms with E-state index in [1.54, 1.807) is 31.2 Å². The molecule has 8 nitrogen and oxygen atoms in total. The first-order chi connectivity index (χ1) is 14.5. The van der Waals surface area contributed by atoms with Gasteiger partial charge in [0.15, 0.2) is 6.61 Å². The summed E-state index contributed by atoms with van der Waals surface area (Å²) in [7, 11) is 0. The zero-order valence-corrected chi connectivity index (χ0v) is 16.9. The maximum absolute atomic E-state index is 12.5. The fourth-order valence-corrected chi connectivity index (χ4v) is 3.97. The molecule has 0 aliphatic carbocycles. The van der Waals surface area contributed by atoms with Crippen molar-refractivity contribution in [2.45, 2.75) is 6.92 Å². The fourth-order valence-electron chi connectivity index (χ4n) is 3.00. The third-order valence-corrected chi connectivity index (χ3v) is 5.65. The van der Waals surface area contributed by atoms with Crippen LogP contribution in [0.25, 0.3) is 10.6 Å². The number of para-hydroxylation sites is 2. The van der Waals surface area contributed by atoms with Crippen LogP contribution in [0.15, 0.2) is 54.6 Å². The van der Waals surface area contributed by atoms with E-state index in [1.807, 2.05) is 30.3 Å². The van der Waals surface area contributed by atoms with Gasteiger partial charge in [-0.05, 0) is 19.1 Å². The van der Waals surface area contributed by atoms with E-state index in [4.69, 9.17) is 4.74 Å². The van der Waals surface area contributed by atoms with Gasteiger partial charge in [-0.25, -0.2) is 4.98 Å². The Hall–Kier alpha value is -3.72. The highest BCUT2D eigenvalue weighted by molar-refractivity contribution is 7.17.